The predicted octanol–water partition coefficient (Wildman–Crippen LogP) is 2.80. The lowest BCUT2D eigenvalue weighted by molar-refractivity contribution is 0.0378. The normalized spacial score (nSPS) is 25.8. The first kappa shape index (κ1) is 24.3. The van der Waals surface area contributed by atoms with E-state index >= 15 is 0 Å². The average molecular weight is 520 g/mol. The molecule has 1 fully saturated rings. The van der Waals surface area contributed by atoms with Crippen LogP contribution in [0.4, 0.5) is 5.82 Å². The molecule has 0 radical (unpaired) electrons. The molecule has 1 aliphatic carbocycles. The number of aromatic nitrogens is 4. The molecule has 0 saturated carbocycles. The van der Waals surface area contributed by atoms with Crippen LogP contribution in [0, 0.1) is 5.92 Å². The number of nitrogens with one attached hydrogen (secondary N) is 1. The minimum atomic E-state index is -3.72. The summed E-state index contributed by atoms with van der Waals surface area (Å²) in [7, 11) is -7.12. The maximum absolute atomic E-state index is 13.0. The number of rotatable bonds is 9. The Balaban J connectivity index is 1.31. The van der Waals surface area contributed by atoms with Gasteiger partial charge >= 0.3 is 7.60 Å². The Morgan fingerprint density at radius 1 is 1.36 bits per heavy atom. The highest BCUT2D eigenvalue weighted by Gasteiger charge is 2.37. The molecule has 2 aliphatic rings. The second-order valence-corrected chi connectivity index (χ2v) is 11.5. The fourth-order valence-electron chi connectivity index (χ4n) is 3.45. The van der Waals surface area contributed by atoms with E-state index in [0.29, 0.717) is 37.2 Å². The van der Waals surface area contributed by atoms with E-state index in [1.807, 2.05) is 18.2 Å². The second-order valence-electron chi connectivity index (χ2n) is 7.50. The molecule has 15 heteroatoms. The summed E-state index contributed by atoms with van der Waals surface area (Å²) in [6.45, 7) is 0.859. The largest absolute Gasteiger partial charge is 0.367 e. The highest BCUT2D eigenvalue weighted by molar-refractivity contribution is 7.86. The van der Waals surface area contributed by atoms with Crippen molar-refractivity contribution in [2.45, 2.75) is 25.5 Å². The number of halogens is 1. The minimum absolute atomic E-state index is 0.0474. The third-order valence-corrected chi connectivity index (χ3v) is 7.28. The highest BCUT2D eigenvalue weighted by Crippen LogP contribution is 2.54. The zero-order valence-electron chi connectivity index (χ0n) is 17.7. The van der Waals surface area contributed by atoms with E-state index in [2.05, 4.69) is 24.7 Å². The van der Waals surface area contributed by atoms with Gasteiger partial charge in [0, 0.05) is 17.5 Å². The van der Waals surface area contributed by atoms with Crippen molar-refractivity contribution < 1.29 is 31.1 Å². The lowest BCUT2D eigenvalue weighted by Crippen LogP contribution is -2.29. The molecule has 0 bridgehead atoms. The van der Waals surface area contributed by atoms with Crippen molar-refractivity contribution >= 4 is 46.3 Å². The van der Waals surface area contributed by atoms with Crippen molar-refractivity contribution in [3.05, 3.63) is 35.9 Å². The Bertz CT molecular complexity index is 1220. The Morgan fingerprint density at radius 2 is 2.21 bits per heavy atom. The Morgan fingerprint density at radius 3 is 3.00 bits per heavy atom. The molecule has 4 rings (SSSR count). The molecule has 1 aliphatic heterocycles. The molecule has 12 nitrogen and oxygen atoms in total. The van der Waals surface area contributed by atoms with Crippen LogP contribution in [0.1, 0.15) is 12.8 Å². The first-order valence-electron chi connectivity index (χ1n) is 10.1. The Hall–Kier alpha value is -1.86. The predicted molar refractivity (Wildman–Crippen MR) is 120 cm³/mol. The molecular weight excluding hydrogens is 497 g/mol. The van der Waals surface area contributed by atoms with Gasteiger partial charge < -0.3 is 18.4 Å². The number of fused-ring (bicyclic) bond motifs is 1. The standard InChI is InChI=1S/C18H23ClN5O7PS/c1-33(26,27)31-23-17-16-18(21-10-20-17)24(11-22-16)6-8-28-12-32(25)29-7-5-15(30-32)13-3-2-4-14(19)9-13/h2-4,10-11,13,15H,5-9,12H2,1H3,(H,20,21,23)/t13?,15-,32+/m0/s1. The number of hydrogen-bond donors (Lipinski definition) is 1. The van der Waals surface area contributed by atoms with Crippen LogP contribution in [0.25, 0.3) is 11.2 Å². The van der Waals surface area contributed by atoms with E-state index in [9.17, 15) is 13.0 Å². The summed E-state index contributed by atoms with van der Waals surface area (Å²) in [5, 5.41) is 0.737. The van der Waals surface area contributed by atoms with Gasteiger partial charge in [0.25, 0.3) is 10.1 Å². The number of ether oxygens (including phenoxy) is 1. The molecule has 0 aromatic carbocycles. The molecule has 3 heterocycles. The van der Waals surface area contributed by atoms with Crippen molar-refractivity contribution in [2.75, 3.05) is 31.3 Å². The van der Waals surface area contributed by atoms with Crippen LogP contribution in [0.2, 0.25) is 0 Å². The average Bonchev–Trinajstić information content (AvgIpc) is 3.18. The minimum Gasteiger partial charge on any atom is -0.367 e. The third kappa shape index (κ3) is 6.38. The molecule has 33 heavy (non-hydrogen) atoms. The summed E-state index contributed by atoms with van der Waals surface area (Å²) in [5.41, 5.74) is 3.02. The fraction of sp³-hybridized carbons (Fsp3) is 0.500. The zero-order chi connectivity index (χ0) is 23.5. The summed E-state index contributed by atoms with van der Waals surface area (Å²) in [6.07, 6.45) is 10.2. The first-order chi connectivity index (χ1) is 15.7. The van der Waals surface area contributed by atoms with E-state index in [1.165, 1.54) is 12.7 Å². The van der Waals surface area contributed by atoms with Gasteiger partial charge in [-0.2, -0.15) is 8.42 Å². The van der Waals surface area contributed by atoms with Crippen LogP contribution in [0.15, 0.2) is 35.9 Å². The van der Waals surface area contributed by atoms with Gasteiger partial charge in [-0.25, -0.2) is 20.4 Å². The molecular formula is C18H23ClN5O7PS. The quantitative estimate of drug-likeness (QED) is 0.296. The zero-order valence-corrected chi connectivity index (χ0v) is 20.1. The van der Waals surface area contributed by atoms with E-state index in [-0.39, 0.29) is 30.8 Å². The van der Waals surface area contributed by atoms with Crippen LogP contribution in [-0.2, 0) is 39.3 Å². The Labute approximate surface area is 195 Å². The van der Waals surface area contributed by atoms with Crippen LogP contribution >= 0.6 is 19.2 Å². The van der Waals surface area contributed by atoms with E-state index < -0.39 is 17.7 Å². The molecule has 0 spiro atoms. The molecule has 2 aromatic rings. The van der Waals surface area contributed by atoms with Gasteiger partial charge in [-0.05, 0) is 18.9 Å². The van der Waals surface area contributed by atoms with Crippen molar-refractivity contribution in [3.8, 4) is 0 Å². The number of allylic oxidation sites excluding steroid dienone is 3. The molecule has 1 N–H and O–H groups in total. The van der Waals surface area contributed by atoms with E-state index in [0.717, 1.165) is 11.3 Å². The summed E-state index contributed by atoms with van der Waals surface area (Å²) in [5.74, 6) is 0.155. The van der Waals surface area contributed by atoms with Gasteiger partial charge in [0.2, 0.25) is 0 Å². The van der Waals surface area contributed by atoms with Crippen LogP contribution in [0.5, 0.6) is 0 Å². The Kier molecular flexibility index (Phi) is 7.49. The lowest BCUT2D eigenvalue weighted by Gasteiger charge is -2.34. The number of nitrogens with zero attached hydrogens (tertiary/aromatic N) is 4. The molecule has 1 saturated heterocycles. The monoisotopic (exact) mass is 519 g/mol. The summed E-state index contributed by atoms with van der Waals surface area (Å²) >= 11 is 6.12. The number of anilines is 1. The van der Waals surface area contributed by atoms with Crippen molar-refractivity contribution in [3.63, 3.8) is 0 Å². The lowest BCUT2D eigenvalue weighted by atomic mass is 9.93. The van der Waals surface area contributed by atoms with Gasteiger partial charge in [0.05, 0.1) is 31.9 Å². The first-order valence-corrected chi connectivity index (χ1v) is 14.0. The van der Waals surface area contributed by atoms with Gasteiger partial charge in [-0.3, -0.25) is 4.57 Å². The van der Waals surface area contributed by atoms with Gasteiger partial charge in [-0.1, -0.05) is 23.8 Å². The van der Waals surface area contributed by atoms with Gasteiger partial charge in [0.1, 0.15) is 12.7 Å². The topological polar surface area (TPSA) is 144 Å². The number of hydrogen-bond acceptors (Lipinski definition) is 11. The van der Waals surface area contributed by atoms with Gasteiger partial charge in [0.15, 0.2) is 17.0 Å². The number of imidazole rings is 1. The van der Waals surface area contributed by atoms with Crippen molar-refractivity contribution in [1.82, 2.24) is 19.5 Å². The molecule has 0 amide bonds. The molecule has 3 atom stereocenters. The molecule has 180 valence electrons. The maximum atomic E-state index is 13.0. The van der Waals surface area contributed by atoms with Gasteiger partial charge in [-0.15, -0.1) is 4.28 Å². The van der Waals surface area contributed by atoms with Crippen LogP contribution in [-0.4, -0.2) is 59.9 Å². The summed E-state index contributed by atoms with van der Waals surface area (Å²) in [6, 6.07) is 0. The summed E-state index contributed by atoms with van der Waals surface area (Å²) < 4.78 is 58.4. The smallest absolute Gasteiger partial charge is 0.356 e. The van der Waals surface area contributed by atoms with Crippen molar-refractivity contribution in [1.29, 1.82) is 0 Å². The highest BCUT2D eigenvalue weighted by atomic mass is 35.5. The second kappa shape index (κ2) is 10.2. The molecule has 2 aromatic heterocycles. The van der Waals surface area contributed by atoms with E-state index in [1.54, 1.807) is 4.57 Å². The summed E-state index contributed by atoms with van der Waals surface area (Å²) in [4.78, 5) is 12.3. The fourth-order valence-corrected chi connectivity index (χ4v) is 5.54. The molecule has 1 unspecified atom stereocenters. The van der Waals surface area contributed by atoms with Crippen molar-refractivity contribution in [2.24, 2.45) is 5.92 Å². The third-order valence-electron chi connectivity index (χ3n) is 4.95. The van der Waals surface area contributed by atoms with Crippen LogP contribution < -0.4 is 5.48 Å². The van der Waals surface area contributed by atoms with E-state index in [4.69, 9.17) is 25.4 Å². The maximum Gasteiger partial charge on any atom is 0.356 e. The SMILES string of the molecule is CS(=O)(=O)ONc1ncnc2c1ncn2CCOC[P@@]1(=O)OCC[C@@H](C2C=CC=C(Cl)C2)O1. The van der Waals surface area contributed by atoms with Crippen LogP contribution in [0.3, 0.4) is 0 Å².